The Morgan fingerprint density at radius 2 is 2.03 bits per heavy atom. The van der Waals surface area contributed by atoms with E-state index in [4.69, 9.17) is 30.5 Å². The number of benzene rings is 2. The Kier molecular flexibility index (Phi) is 6.16. The molecule has 2 atom stereocenters. The molecule has 2 heterocycles. The molecule has 0 radical (unpaired) electrons. The van der Waals surface area contributed by atoms with E-state index < -0.39 is 11.5 Å². The van der Waals surface area contributed by atoms with Gasteiger partial charge in [-0.25, -0.2) is 8.78 Å². The highest BCUT2D eigenvalue weighted by molar-refractivity contribution is 6.30. The molecule has 2 aromatic carbocycles. The van der Waals surface area contributed by atoms with Crippen molar-refractivity contribution in [3.63, 3.8) is 0 Å². The van der Waals surface area contributed by atoms with Crippen LogP contribution in [0.15, 0.2) is 42.5 Å². The molecule has 6 nitrogen and oxygen atoms in total. The van der Waals surface area contributed by atoms with Crippen molar-refractivity contribution in [2.75, 3.05) is 33.6 Å². The fourth-order valence-electron chi connectivity index (χ4n) is 5.04. The lowest BCUT2D eigenvalue weighted by Crippen LogP contribution is -2.53. The highest BCUT2D eigenvalue weighted by Crippen LogP contribution is 2.44. The summed E-state index contributed by atoms with van der Waals surface area (Å²) < 4.78 is 49.1. The lowest BCUT2D eigenvalue weighted by atomic mass is 9.82. The molecule has 2 aliphatic heterocycles. The molecule has 2 aromatic rings. The number of carbonyl (C=O) groups is 1. The zero-order valence-electron chi connectivity index (χ0n) is 18.8. The summed E-state index contributed by atoms with van der Waals surface area (Å²) in [6.45, 7) is 1.21. The van der Waals surface area contributed by atoms with Gasteiger partial charge in [0, 0.05) is 42.3 Å². The number of amides is 1. The highest BCUT2D eigenvalue weighted by atomic mass is 35.5. The van der Waals surface area contributed by atoms with Crippen molar-refractivity contribution in [2.45, 2.75) is 36.9 Å². The number of ether oxygens (including phenoxy) is 4. The van der Waals surface area contributed by atoms with E-state index in [1.54, 1.807) is 23.1 Å². The van der Waals surface area contributed by atoms with Gasteiger partial charge < -0.3 is 23.8 Å². The molecule has 3 aliphatic rings. The van der Waals surface area contributed by atoms with Crippen LogP contribution in [0.4, 0.5) is 8.78 Å². The van der Waals surface area contributed by atoms with E-state index >= 15 is 0 Å². The van der Waals surface area contributed by atoms with Crippen molar-refractivity contribution in [1.82, 2.24) is 4.90 Å². The van der Waals surface area contributed by atoms with Crippen LogP contribution >= 0.6 is 11.6 Å². The van der Waals surface area contributed by atoms with Crippen LogP contribution in [0.5, 0.6) is 11.5 Å². The molecule has 0 N–H and O–H groups in total. The first-order valence-electron chi connectivity index (χ1n) is 11.3. The third kappa shape index (κ3) is 4.34. The fraction of sp³-hybridized carbons (Fsp3) is 0.480. The molecule has 2 unspecified atom stereocenters. The molecule has 9 heteroatoms. The molecule has 34 heavy (non-hydrogen) atoms. The van der Waals surface area contributed by atoms with E-state index in [-0.39, 0.29) is 44.2 Å². The van der Waals surface area contributed by atoms with E-state index in [1.807, 2.05) is 24.3 Å². The summed E-state index contributed by atoms with van der Waals surface area (Å²) in [7, 11) is 1.48. The minimum Gasteiger partial charge on any atom is -0.493 e. The summed E-state index contributed by atoms with van der Waals surface area (Å²) in [4.78, 5) is 15.0. The number of alkyl halides is 2. The van der Waals surface area contributed by atoms with Crippen LogP contribution in [-0.2, 0) is 15.1 Å². The Labute approximate surface area is 201 Å². The quantitative estimate of drug-likeness (QED) is 0.573. The maximum absolute atomic E-state index is 13.3. The molecule has 1 saturated carbocycles. The Hall–Kier alpha value is -2.42. The van der Waals surface area contributed by atoms with Gasteiger partial charge in [0.05, 0.1) is 20.3 Å². The average Bonchev–Trinajstić information content (AvgIpc) is 3.25. The zero-order valence-corrected chi connectivity index (χ0v) is 19.5. The number of carbonyl (C=O) groups excluding carboxylic acids is 1. The summed E-state index contributed by atoms with van der Waals surface area (Å²) in [5, 5.41) is 0.625. The first-order valence-corrected chi connectivity index (χ1v) is 11.7. The maximum Gasteiger partial charge on any atom is 0.254 e. The molecule has 3 fully saturated rings. The van der Waals surface area contributed by atoms with Crippen molar-refractivity contribution in [1.29, 1.82) is 0 Å². The maximum atomic E-state index is 13.3. The molecular formula is C25H26ClF2NO5. The van der Waals surface area contributed by atoms with E-state index in [0.717, 1.165) is 5.56 Å². The lowest BCUT2D eigenvalue weighted by molar-refractivity contribution is -0.119. The van der Waals surface area contributed by atoms with E-state index in [9.17, 15) is 13.6 Å². The second-order valence-electron chi connectivity index (χ2n) is 9.13. The van der Waals surface area contributed by atoms with E-state index in [2.05, 4.69) is 0 Å². The van der Waals surface area contributed by atoms with Crippen molar-refractivity contribution in [3.8, 4) is 11.5 Å². The molecule has 2 saturated heterocycles. The second-order valence-corrected chi connectivity index (χ2v) is 9.56. The number of nitrogens with zero attached hydrogens (tertiary/aromatic N) is 1. The third-order valence-corrected chi connectivity index (χ3v) is 7.14. The van der Waals surface area contributed by atoms with Crippen LogP contribution in [-0.4, -0.2) is 56.4 Å². The van der Waals surface area contributed by atoms with Crippen LogP contribution < -0.4 is 9.47 Å². The van der Waals surface area contributed by atoms with Crippen LogP contribution in [0.1, 0.15) is 35.2 Å². The Bertz CT molecular complexity index is 1080. The molecule has 5 rings (SSSR count). The number of hydrogen-bond donors (Lipinski definition) is 0. The van der Waals surface area contributed by atoms with Gasteiger partial charge in [0.2, 0.25) is 5.92 Å². The minimum atomic E-state index is -2.58. The van der Waals surface area contributed by atoms with Gasteiger partial charge in [-0.05, 0) is 35.9 Å². The fourth-order valence-corrected chi connectivity index (χ4v) is 5.23. The topological polar surface area (TPSA) is 57.2 Å². The van der Waals surface area contributed by atoms with E-state index in [0.29, 0.717) is 41.6 Å². The van der Waals surface area contributed by atoms with Gasteiger partial charge >= 0.3 is 0 Å². The van der Waals surface area contributed by atoms with Crippen molar-refractivity contribution in [2.24, 2.45) is 5.92 Å². The predicted octanol–water partition coefficient (Wildman–Crippen LogP) is 4.89. The number of piperidine rings is 1. The Balaban J connectivity index is 1.27. The summed E-state index contributed by atoms with van der Waals surface area (Å²) in [5.41, 5.74) is 0.769. The average molecular weight is 494 g/mol. The van der Waals surface area contributed by atoms with Crippen molar-refractivity contribution in [3.05, 3.63) is 58.6 Å². The Morgan fingerprint density at radius 1 is 1.21 bits per heavy atom. The number of methoxy groups -OCH3 is 1. The van der Waals surface area contributed by atoms with Gasteiger partial charge in [0.1, 0.15) is 18.5 Å². The molecule has 1 amide bonds. The number of halogens is 3. The third-order valence-electron chi connectivity index (χ3n) is 6.91. The molecule has 0 spiro atoms. The van der Waals surface area contributed by atoms with E-state index in [1.165, 1.54) is 7.11 Å². The molecular weight excluding hydrogens is 468 g/mol. The number of hydrogen-bond acceptors (Lipinski definition) is 5. The normalized spacial score (nSPS) is 26.0. The van der Waals surface area contributed by atoms with Gasteiger partial charge in [-0.1, -0.05) is 23.7 Å². The molecule has 1 aliphatic carbocycles. The van der Waals surface area contributed by atoms with Gasteiger partial charge in [0.15, 0.2) is 11.5 Å². The molecule has 182 valence electrons. The zero-order chi connectivity index (χ0) is 23.9. The van der Waals surface area contributed by atoms with Gasteiger partial charge in [-0.2, -0.15) is 0 Å². The first-order chi connectivity index (χ1) is 16.3. The van der Waals surface area contributed by atoms with Crippen LogP contribution in [0.3, 0.4) is 0 Å². The van der Waals surface area contributed by atoms with Crippen LogP contribution in [0.25, 0.3) is 0 Å². The van der Waals surface area contributed by atoms with Gasteiger partial charge in [-0.15, -0.1) is 0 Å². The smallest absolute Gasteiger partial charge is 0.254 e. The predicted molar refractivity (Wildman–Crippen MR) is 121 cm³/mol. The molecule has 0 bridgehead atoms. The van der Waals surface area contributed by atoms with Crippen LogP contribution in [0.2, 0.25) is 5.02 Å². The standard InChI is InChI=1S/C25H26ClF2NO5/c1-31-21-9-17(5-6-20(21)32-14-16-11-24(27,28)12-16)23(30)29-8-7-25(22(13-29)33-15-34-25)18-3-2-4-19(26)10-18/h2-6,9-10,16,22H,7-8,11-15H2,1H3. The summed E-state index contributed by atoms with van der Waals surface area (Å²) >= 11 is 6.20. The SMILES string of the molecule is COc1cc(C(=O)N2CCC3(c4cccc(Cl)c4)OCOC3C2)ccc1OCC1CC(F)(F)C1. The first kappa shape index (κ1) is 23.3. The van der Waals surface area contributed by atoms with Crippen molar-refractivity contribution < 1.29 is 32.5 Å². The monoisotopic (exact) mass is 493 g/mol. The van der Waals surface area contributed by atoms with Crippen LogP contribution in [0, 0.1) is 5.92 Å². The van der Waals surface area contributed by atoms with Gasteiger partial charge in [-0.3, -0.25) is 4.79 Å². The highest BCUT2D eigenvalue weighted by Gasteiger charge is 2.51. The Morgan fingerprint density at radius 3 is 2.76 bits per heavy atom. The second kappa shape index (κ2) is 8.98. The lowest BCUT2D eigenvalue weighted by Gasteiger charge is -2.42. The van der Waals surface area contributed by atoms with Gasteiger partial charge in [0.25, 0.3) is 5.91 Å². The number of rotatable bonds is 6. The number of likely N-dealkylation sites (tertiary alicyclic amines) is 1. The largest absolute Gasteiger partial charge is 0.493 e. The van der Waals surface area contributed by atoms with Crippen molar-refractivity contribution >= 4 is 17.5 Å². The summed E-state index contributed by atoms with van der Waals surface area (Å²) in [6.07, 6.45) is -0.0583. The molecule has 0 aromatic heterocycles. The number of fused-ring (bicyclic) bond motifs is 1. The minimum absolute atomic E-state index is 0.154. The summed E-state index contributed by atoms with van der Waals surface area (Å²) in [5.74, 6) is -2.09. The summed E-state index contributed by atoms with van der Waals surface area (Å²) in [6, 6.07) is 12.5.